The Morgan fingerprint density at radius 2 is 1.92 bits per heavy atom. The van der Waals surface area contributed by atoms with E-state index in [9.17, 15) is 4.79 Å². The van der Waals surface area contributed by atoms with Crippen LogP contribution in [-0.4, -0.2) is 23.7 Å². The summed E-state index contributed by atoms with van der Waals surface area (Å²) in [5.41, 5.74) is 10.4. The molecular weight excluding hydrogens is 178 g/mol. The van der Waals surface area contributed by atoms with Crippen LogP contribution in [-0.2, 0) is 4.79 Å². The van der Waals surface area contributed by atoms with Crippen molar-refractivity contribution in [1.29, 1.82) is 0 Å². The Kier molecular flexibility index (Phi) is 19.7. The predicted octanol–water partition coefficient (Wildman–Crippen LogP) is -6.24. The summed E-state index contributed by atoms with van der Waals surface area (Å²) in [6.45, 7) is 0.604. The molecule has 0 aromatic heterocycles. The average molecular weight is 194 g/mol. The van der Waals surface area contributed by atoms with Crippen LogP contribution in [0, 0.1) is 0 Å². The second-order valence-corrected chi connectivity index (χ2v) is 2.23. The quantitative estimate of drug-likeness (QED) is 0.300. The van der Waals surface area contributed by atoms with E-state index in [1.165, 1.54) is 0 Å². The first-order valence-corrected chi connectivity index (χ1v) is 3.37. The normalized spacial score (nSPS) is 10.8. The first kappa shape index (κ1) is 19.0. The van der Waals surface area contributed by atoms with Gasteiger partial charge in [-0.3, -0.25) is 4.79 Å². The summed E-state index contributed by atoms with van der Waals surface area (Å²) in [7, 11) is 0. The summed E-state index contributed by atoms with van der Waals surface area (Å²) in [5.74, 6) is -0.933. The second-order valence-electron chi connectivity index (χ2n) is 2.23. The molecule has 0 aromatic carbocycles. The predicted molar refractivity (Wildman–Crippen MR) is 40.7 cm³/mol. The van der Waals surface area contributed by atoms with Gasteiger partial charge in [-0.1, -0.05) is 6.42 Å². The third-order valence-electron chi connectivity index (χ3n) is 1.29. The molecule has 64 valence electrons. The van der Waals surface area contributed by atoms with Crippen molar-refractivity contribution < 1.29 is 71.9 Å². The molecule has 0 rings (SSSR count). The van der Waals surface area contributed by atoms with Crippen molar-refractivity contribution in [3.05, 3.63) is 0 Å². The van der Waals surface area contributed by atoms with Gasteiger partial charge in [0.15, 0.2) is 0 Å². The van der Waals surface area contributed by atoms with Crippen LogP contribution >= 0.6 is 0 Å². The van der Waals surface area contributed by atoms with Crippen molar-refractivity contribution in [3.63, 3.8) is 0 Å². The summed E-state index contributed by atoms with van der Waals surface area (Å²) in [5, 5.41) is 8.33. The molecule has 0 aliphatic heterocycles. The molecule has 0 spiro atoms. The molecule has 0 radical (unpaired) electrons. The second kappa shape index (κ2) is 12.4. The number of carboxylic acids is 1. The summed E-state index contributed by atoms with van der Waals surface area (Å²) < 4.78 is 0. The molecule has 0 bridgehead atoms. The summed E-state index contributed by atoms with van der Waals surface area (Å²) in [6.07, 6.45) is 2.16. The third kappa shape index (κ3) is 11.4. The number of rotatable bonds is 5. The molecule has 12 heavy (non-hydrogen) atoms. The number of aliphatic carboxylic acids is 1. The minimum absolute atomic E-state index is 0. The Bertz CT molecular complexity index is 122. The van der Waals surface area contributed by atoms with E-state index in [0.29, 0.717) is 13.0 Å². The molecule has 0 heterocycles. The number of unbranched alkanes of at least 4 members (excludes halogenated alkanes) is 1. The Labute approximate surface area is 120 Å². The topological polar surface area (TPSA) is 89.3 Å². The fourth-order valence-electron chi connectivity index (χ4n) is 0.632. The van der Waals surface area contributed by atoms with Crippen LogP contribution in [0.25, 0.3) is 0 Å². The van der Waals surface area contributed by atoms with Gasteiger partial charge in [-0.25, -0.2) is 0 Å². The fraction of sp³-hybridized carbons (Fsp3) is 0.833. The van der Waals surface area contributed by atoms with Crippen LogP contribution in [0.1, 0.15) is 22.1 Å². The molecule has 0 saturated carbocycles. The molecule has 0 aromatic rings. The number of carboxylic acid groups (broad SMARTS) is 1. The van der Waals surface area contributed by atoms with Gasteiger partial charge in [-0.05, 0) is 19.4 Å². The summed E-state index contributed by atoms with van der Waals surface area (Å²) >= 11 is 0. The number of hydrogen-bond donors (Lipinski definition) is 3. The van der Waals surface area contributed by atoms with E-state index in [1.54, 1.807) is 0 Å². The van der Waals surface area contributed by atoms with Crippen molar-refractivity contribution in [1.82, 2.24) is 0 Å². The van der Waals surface area contributed by atoms with Crippen molar-refractivity contribution in [2.45, 2.75) is 25.3 Å². The van der Waals surface area contributed by atoms with Gasteiger partial charge in [0.1, 0.15) is 6.04 Å². The SMILES string of the molecule is NCCCCC(N)C(=O)O.[H-].[H-].[Na+].[Na+]. The van der Waals surface area contributed by atoms with Crippen LogP contribution in [0.2, 0.25) is 0 Å². The minimum Gasteiger partial charge on any atom is -1.00 e. The third-order valence-corrected chi connectivity index (χ3v) is 1.29. The van der Waals surface area contributed by atoms with E-state index in [0.717, 1.165) is 12.8 Å². The van der Waals surface area contributed by atoms with Crippen LogP contribution < -0.4 is 70.6 Å². The summed E-state index contributed by atoms with van der Waals surface area (Å²) in [6, 6.07) is -0.716. The summed E-state index contributed by atoms with van der Waals surface area (Å²) in [4.78, 5) is 10.1. The van der Waals surface area contributed by atoms with Gasteiger partial charge in [0, 0.05) is 0 Å². The maximum Gasteiger partial charge on any atom is 1.00 e. The van der Waals surface area contributed by atoms with E-state index in [-0.39, 0.29) is 62.0 Å². The molecule has 0 saturated heterocycles. The van der Waals surface area contributed by atoms with Crippen LogP contribution in [0.5, 0.6) is 0 Å². The number of nitrogens with two attached hydrogens (primary N) is 2. The monoisotopic (exact) mass is 194 g/mol. The molecule has 0 amide bonds. The fourth-order valence-corrected chi connectivity index (χ4v) is 0.632. The van der Waals surface area contributed by atoms with Gasteiger partial charge < -0.3 is 19.4 Å². The molecule has 0 aliphatic carbocycles. The molecular formula is C6H16N2Na2O2. The van der Waals surface area contributed by atoms with Crippen LogP contribution in [0.3, 0.4) is 0 Å². The van der Waals surface area contributed by atoms with Gasteiger partial charge in [0.2, 0.25) is 0 Å². The zero-order chi connectivity index (χ0) is 7.98. The van der Waals surface area contributed by atoms with Gasteiger partial charge in [0.05, 0.1) is 0 Å². The van der Waals surface area contributed by atoms with Crippen molar-refractivity contribution >= 4 is 5.97 Å². The molecule has 1 unspecified atom stereocenters. The Hall–Kier alpha value is 1.39. The first-order chi connectivity index (χ1) is 4.68. The molecule has 0 aliphatic rings. The zero-order valence-corrected chi connectivity index (χ0v) is 11.9. The van der Waals surface area contributed by atoms with E-state index >= 15 is 0 Å². The zero-order valence-electron chi connectivity index (χ0n) is 9.92. The van der Waals surface area contributed by atoms with Crippen molar-refractivity contribution in [2.75, 3.05) is 6.54 Å². The maximum atomic E-state index is 10.1. The van der Waals surface area contributed by atoms with E-state index in [1.807, 2.05) is 0 Å². The van der Waals surface area contributed by atoms with Crippen molar-refractivity contribution in [2.24, 2.45) is 11.5 Å². The van der Waals surface area contributed by atoms with Gasteiger partial charge in [-0.2, -0.15) is 0 Å². The van der Waals surface area contributed by atoms with Gasteiger partial charge in [-0.15, -0.1) is 0 Å². The first-order valence-electron chi connectivity index (χ1n) is 3.37. The van der Waals surface area contributed by atoms with Gasteiger partial charge >= 0.3 is 65.1 Å². The Morgan fingerprint density at radius 1 is 1.42 bits per heavy atom. The molecule has 1 atom stereocenters. The molecule has 5 N–H and O–H groups in total. The minimum atomic E-state index is -0.933. The maximum absolute atomic E-state index is 10.1. The Balaban J connectivity index is -0.0000000675. The number of hydrogen-bond acceptors (Lipinski definition) is 3. The van der Waals surface area contributed by atoms with E-state index in [4.69, 9.17) is 16.6 Å². The largest absolute Gasteiger partial charge is 1.00 e. The van der Waals surface area contributed by atoms with E-state index < -0.39 is 12.0 Å². The average Bonchev–Trinajstić information content (AvgIpc) is 1.88. The number of carbonyl (C=O) groups is 1. The van der Waals surface area contributed by atoms with Crippen LogP contribution in [0.15, 0.2) is 0 Å². The Morgan fingerprint density at radius 3 is 2.25 bits per heavy atom. The van der Waals surface area contributed by atoms with E-state index in [2.05, 4.69) is 0 Å². The van der Waals surface area contributed by atoms with Crippen LogP contribution in [0.4, 0.5) is 0 Å². The van der Waals surface area contributed by atoms with Gasteiger partial charge in [0.25, 0.3) is 0 Å². The molecule has 4 nitrogen and oxygen atoms in total. The smallest absolute Gasteiger partial charge is 1.00 e. The molecule has 0 fully saturated rings. The standard InChI is InChI=1S/C6H14N2O2.2Na.2H/c7-4-2-1-3-5(8)6(9)10;;;;/h5H,1-4,7-8H2,(H,9,10);;;;/q;2*+1;2*-1. The van der Waals surface area contributed by atoms with Crippen molar-refractivity contribution in [3.8, 4) is 0 Å². The molecule has 6 heteroatoms.